The maximum atomic E-state index is 12.4. The minimum absolute atomic E-state index is 0.0110. The molecule has 0 spiro atoms. The molecule has 3 nitrogen and oxygen atoms in total. The summed E-state index contributed by atoms with van der Waals surface area (Å²) < 4.78 is 0. The van der Waals surface area contributed by atoms with Crippen molar-refractivity contribution in [2.75, 3.05) is 5.32 Å². The summed E-state index contributed by atoms with van der Waals surface area (Å²) in [7, 11) is 0. The molecule has 0 saturated carbocycles. The van der Waals surface area contributed by atoms with Crippen LogP contribution in [0.2, 0.25) is 10.0 Å². The molecule has 0 fully saturated rings. The van der Waals surface area contributed by atoms with Gasteiger partial charge in [0.2, 0.25) is 0 Å². The topological polar surface area (TPSA) is 52.9 Å². The van der Waals surface area contributed by atoms with Crippen LogP contribution in [0, 0.1) is 25.2 Å². The highest BCUT2D eigenvalue weighted by molar-refractivity contribution is 6.31. The molecular weight excluding hydrogens is 415 g/mol. The highest BCUT2D eigenvalue weighted by atomic mass is 35.5. The summed E-state index contributed by atoms with van der Waals surface area (Å²) in [4.78, 5) is 12.4. The average molecular weight is 435 g/mol. The lowest BCUT2D eigenvalue weighted by atomic mass is 9.99. The Hall–Kier alpha value is -3.06. The van der Waals surface area contributed by atoms with Crippen molar-refractivity contribution >= 4 is 40.9 Å². The van der Waals surface area contributed by atoms with Gasteiger partial charge in [-0.3, -0.25) is 4.79 Å². The van der Waals surface area contributed by atoms with Gasteiger partial charge in [0.1, 0.15) is 11.6 Å². The zero-order chi connectivity index (χ0) is 21.7. The van der Waals surface area contributed by atoms with Crippen LogP contribution in [0.1, 0.15) is 27.8 Å². The lowest BCUT2D eigenvalue weighted by molar-refractivity contribution is -0.112. The van der Waals surface area contributed by atoms with Gasteiger partial charge >= 0.3 is 0 Å². The van der Waals surface area contributed by atoms with Crippen LogP contribution in [0.5, 0.6) is 0 Å². The van der Waals surface area contributed by atoms with E-state index in [0.29, 0.717) is 27.7 Å². The predicted molar refractivity (Wildman–Crippen MR) is 124 cm³/mol. The number of nitrogens with one attached hydrogen (secondary N) is 1. The molecule has 0 bridgehead atoms. The quantitative estimate of drug-likeness (QED) is 0.356. The molecule has 3 aromatic carbocycles. The summed E-state index contributed by atoms with van der Waals surface area (Å²) in [6, 6.07) is 20.6. The van der Waals surface area contributed by atoms with Gasteiger partial charge in [0, 0.05) is 15.7 Å². The van der Waals surface area contributed by atoms with Crippen molar-refractivity contribution in [1.29, 1.82) is 5.26 Å². The number of hydrogen-bond donors (Lipinski definition) is 1. The van der Waals surface area contributed by atoms with Crippen LogP contribution in [0.25, 0.3) is 6.08 Å². The van der Waals surface area contributed by atoms with Crippen LogP contribution in [-0.4, -0.2) is 5.91 Å². The van der Waals surface area contributed by atoms with E-state index < -0.39 is 5.91 Å². The largest absolute Gasteiger partial charge is 0.321 e. The lowest BCUT2D eigenvalue weighted by Crippen LogP contribution is -2.13. The second-order valence-electron chi connectivity index (χ2n) is 7.15. The molecule has 0 radical (unpaired) electrons. The van der Waals surface area contributed by atoms with E-state index in [2.05, 4.69) is 37.4 Å². The number of hydrogen-bond acceptors (Lipinski definition) is 2. The molecule has 30 heavy (non-hydrogen) atoms. The van der Waals surface area contributed by atoms with Gasteiger partial charge in [0.15, 0.2) is 0 Å². The molecule has 3 aromatic rings. The molecule has 1 N–H and O–H groups in total. The van der Waals surface area contributed by atoms with Crippen LogP contribution >= 0.6 is 23.2 Å². The average Bonchev–Trinajstić information content (AvgIpc) is 2.69. The second-order valence-corrected chi connectivity index (χ2v) is 8.00. The molecule has 3 rings (SSSR count). The third-order valence-electron chi connectivity index (χ3n) is 4.53. The minimum atomic E-state index is -0.491. The lowest BCUT2D eigenvalue weighted by Gasteiger charge is -2.08. The summed E-state index contributed by atoms with van der Waals surface area (Å²) in [5.74, 6) is -0.491. The first kappa shape index (κ1) is 21.6. The van der Waals surface area contributed by atoms with Crippen LogP contribution in [0.15, 0.2) is 66.2 Å². The third-order valence-corrected chi connectivity index (χ3v) is 5.14. The van der Waals surface area contributed by atoms with Crippen molar-refractivity contribution < 1.29 is 4.79 Å². The number of amides is 1. The van der Waals surface area contributed by atoms with Crippen molar-refractivity contribution in [3.63, 3.8) is 0 Å². The normalized spacial score (nSPS) is 11.1. The first-order valence-corrected chi connectivity index (χ1v) is 10.1. The van der Waals surface area contributed by atoms with Crippen LogP contribution in [0.4, 0.5) is 5.69 Å². The molecule has 0 atom stereocenters. The predicted octanol–water partition coefficient (Wildman–Crippen LogP) is 6.75. The van der Waals surface area contributed by atoms with Crippen molar-refractivity contribution in [1.82, 2.24) is 0 Å². The first-order chi connectivity index (χ1) is 14.3. The molecule has 0 aliphatic carbocycles. The summed E-state index contributed by atoms with van der Waals surface area (Å²) in [6.07, 6.45) is 2.24. The molecular formula is C25H20Cl2N2O. The number of halogens is 2. The van der Waals surface area contributed by atoms with E-state index in [1.54, 1.807) is 30.3 Å². The van der Waals surface area contributed by atoms with Gasteiger partial charge in [-0.25, -0.2) is 0 Å². The van der Waals surface area contributed by atoms with E-state index in [4.69, 9.17) is 23.2 Å². The highest BCUT2D eigenvalue weighted by Crippen LogP contribution is 2.24. The summed E-state index contributed by atoms with van der Waals surface area (Å²) >= 11 is 12.3. The fourth-order valence-corrected chi connectivity index (χ4v) is 3.62. The molecule has 0 aliphatic rings. The number of benzene rings is 3. The fourth-order valence-electron chi connectivity index (χ4n) is 3.23. The summed E-state index contributed by atoms with van der Waals surface area (Å²) in [5, 5.41) is 13.3. The van der Waals surface area contributed by atoms with Gasteiger partial charge in [-0.2, -0.15) is 5.26 Å². The molecule has 5 heteroatoms. The molecule has 150 valence electrons. The van der Waals surface area contributed by atoms with Gasteiger partial charge in [0.05, 0.1) is 0 Å². The van der Waals surface area contributed by atoms with E-state index >= 15 is 0 Å². The Morgan fingerprint density at radius 1 is 1.00 bits per heavy atom. The smallest absolute Gasteiger partial charge is 0.266 e. The van der Waals surface area contributed by atoms with E-state index in [1.807, 2.05) is 18.2 Å². The highest BCUT2D eigenvalue weighted by Gasteiger charge is 2.11. The number of rotatable bonds is 5. The van der Waals surface area contributed by atoms with Gasteiger partial charge < -0.3 is 5.32 Å². The molecule has 0 heterocycles. The first-order valence-electron chi connectivity index (χ1n) is 9.38. The van der Waals surface area contributed by atoms with Crippen LogP contribution in [-0.2, 0) is 11.2 Å². The van der Waals surface area contributed by atoms with Crippen molar-refractivity contribution in [3.8, 4) is 6.07 Å². The number of aryl methyl sites for hydroxylation is 2. The monoisotopic (exact) mass is 434 g/mol. The molecule has 0 unspecified atom stereocenters. The van der Waals surface area contributed by atoms with Gasteiger partial charge in [-0.05, 0) is 73.4 Å². The van der Waals surface area contributed by atoms with Gasteiger partial charge in [0.25, 0.3) is 5.91 Å². The number of carbonyl (C=O) groups is 1. The standard InChI is InChI=1S/C25H20Cl2N2O/c1-16-9-17(2)11-19(10-16)13-20-4-3-18(14-24(20)27)12-21(15-28)25(30)29-23-7-5-22(26)6-8-23/h3-12,14H,13H2,1-2H3,(H,29,30)/b21-12+. The zero-order valence-electron chi connectivity index (χ0n) is 16.7. The molecule has 0 aliphatic heterocycles. The summed E-state index contributed by atoms with van der Waals surface area (Å²) in [6.45, 7) is 4.15. The van der Waals surface area contributed by atoms with E-state index in [9.17, 15) is 10.1 Å². The van der Waals surface area contributed by atoms with Gasteiger partial charge in [-0.1, -0.05) is 64.7 Å². The maximum absolute atomic E-state index is 12.4. The Kier molecular flexibility index (Phi) is 6.95. The Labute approximate surface area is 186 Å². The van der Waals surface area contributed by atoms with Crippen LogP contribution in [0.3, 0.4) is 0 Å². The second kappa shape index (κ2) is 9.63. The Morgan fingerprint density at radius 2 is 1.67 bits per heavy atom. The van der Waals surface area contributed by atoms with E-state index in [1.165, 1.54) is 22.8 Å². The van der Waals surface area contributed by atoms with Crippen LogP contribution < -0.4 is 5.32 Å². The third kappa shape index (κ3) is 5.73. The molecule has 0 saturated heterocycles. The molecule has 0 aromatic heterocycles. The number of carbonyl (C=O) groups excluding carboxylic acids is 1. The Bertz CT molecular complexity index is 1140. The maximum Gasteiger partial charge on any atom is 0.266 e. The van der Waals surface area contributed by atoms with E-state index in [-0.39, 0.29) is 5.57 Å². The zero-order valence-corrected chi connectivity index (χ0v) is 18.2. The number of anilines is 1. The van der Waals surface area contributed by atoms with E-state index in [0.717, 1.165) is 5.56 Å². The molecule has 1 amide bonds. The van der Waals surface area contributed by atoms with Crippen molar-refractivity contribution in [2.45, 2.75) is 20.3 Å². The van der Waals surface area contributed by atoms with Crippen molar-refractivity contribution in [3.05, 3.63) is 104 Å². The fraction of sp³-hybridized carbons (Fsp3) is 0.120. The minimum Gasteiger partial charge on any atom is -0.321 e. The SMILES string of the molecule is Cc1cc(C)cc(Cc2ccc(/C=C(\C#N)C(=O)Nc3ccc(Cl)cc3)cc2Cl)c1. The van der Waals surface area contributed by atoms with Crippen molar-refractivity contribution in [2.24, 2.45) is 0 Å². The Balaban J connectivity index is 1.78. The number of nitrogens with zero attached hydrogens (tertiary/aromatic N) is 1. The summed E-state index contributed by atoms with van der Waals surface area (Å²) in [5.41, 5.74) is 5.85. The Morgan fingerprint density at radius 3 is 2.27 bits per heavy atom. The number of nitriles is 1. The van der Waals surface area contributed by atoms with Gasteiger partial charge in [-0.15, -0.1) is 0 Å².